The topological polar surface area (TPSA) is 80.9 Å². The molecule has 0 fully saturated rings. The Morgan fingerprint density at radius 1 is 0.889 bits per heavy atom. The third-order valence-corrected chi connectivity index (χ3v) is 0.670. The van der Waals surface area contributed by atoms with E-state index in [1.54, 1.807) is 0 Å². The zero-order valence-electron chi connectivity index (χ0n) is 5.50. The van der Waals surface area contributed by atoms with Crippen molar-refractivity contribution in [3.63, 3.8) is 0 Å². The van der Waals surface area contributed by atoms with Gasteiger partial charge in [0.2, 0.25) is 0 Å². The van der Waals surface area contributed by atoms with Gasteiger partial charge >= 0.3 is 0 Å². The molecule has 0 aromatic heterocycles. The van der Waals surface area contributed by atoms with Gasteiger partial charge in [-0.2, -0.15) is 0 Å². The van der Waals surface area contributed by atoms with Crippen molar-refractivity contribution in [1.82, 2.24) is 0 Å². The summed E-state index contributed by atoms with van der Waals surface area (Å²) >= 11 is 0. The number of aliphatic hydroxyl groups is 4. The SMILES string of the molecule is CC(O)(O)CC(C)(O)O. The summed E-state index contributed by atoms with van der Waals surface area (Å²) in [5.74, 6) is -4.03. The minimum atomic E-state index is -2.02. The van der Waals surface area contributed by atoms with Crippen LogP contribution in [0.15, 0.2) is 0 Å². The Morgan fingerprint density at radius 2 is 1.11 bits per heavy atom. The van der Waals surface area contributed by atoms with Crippen molar-refractivity contribution >= 4 is 0 Å². The average Bonchev–Trinajstić information content (AvgIpc) is 1.14. The molecule has 56 valence electrons. The Hall–Kier alpha value is -0.160. The first kappa shape index (κ1) is 8.84. The fourth-order valence-corrected chi connectivity index (χ4v) is 0.634. The smallest absolute Gasteiger partial charge is 0.164 e. The largest absolute Gasteiger partial charge is 0.366 e. The van der Waals surface area contributed by atoms with Crippen LogP contribution in [0.5, 0.6) is 0 Å². The molecule has 9 heavy (non-hydrogen) atoms. The van der Waals surface area contributed by atoms with E-state index < -0.39 is 18.0 Å². The molecule has 0 rings (SSSR count). The van der Waals surface area contributed by atoms with Crippen LogP contribution in [0.3, 0.4) is 0 Å². The third kappa shape index (κ3) is 7.84. The molecule has 4 N–H and O–H groups in total. The Balaban J connectivity index is 3.75. The lowest BCUT2D eigenvalue weighted by atomic mass is 10.1. The molecular formula is C5H12O4. The van der Waals surface area contributed by atoms with E-state index in [1.807, 2.05) is 0 Å². The van der Waals surface area contributed by atoms with E-state index in [4.69, 9.17) is 20.4 Å². The molecule has 4 nitrogen and oxygen atoms in total. The van der Waals surface area contributed by atoms with Gasteiger partial charge in [0.05, 0.1) is 6.42 Å². The normalized spacial score (nSPS) is 14.0. The van der Waals surface area contributed by atoms with Gasteiger partial charge in [-0.25, -0.2) is 0 Å². The fourth-order valence-electron chi connectivity index (χ4n) is 0.634. The summed E-state index contributed by atoms with van der Waals surface area (Å²) in [5, 5.41) is 34.4. The molecule has 4 heteroatoms. The molecule has 0 aliphatic rings. The van der Waals surface area contributed by atoms with E-state index >= 15 is 0 Å². The van der Waals surface area contributed by atoms with E-state index in [0.29, 0.717) is 0 Å². The van der Waals surface area contributed by atoms with Crippen LogP contribution >= 0.6 is 0 Å². The molecule has 0 aromatic carbocycles. The van der Waals surface area contributed by atoms with Crippen LogP contribution in [0.25, 0.3) is 0 Å². The molecule has 0 saturated carbocycles. The molecule has 0 radical (unpaired) electrons. The van der Waals surface area contributed by atoms with Gasteiger partial charge in [0, 0.05) is 0 Å². The van der Waals surface area contributed by atoms with Crippen LogP contribution in [0.1, 0.15) is 20.3 Å². The van der Waals surface area contributed by atoms with Crippen LogP contribution in [0.2, 0.25) is 0 Å². The number of rotatable bonds is 2. The zero-order valence-corrected chi connectivity index (χ0v) is 5.50. The molecule has 0 aliphatic carbocycles. The second kappa shape index (κ2) is 2.22. The lowest BCUT2D eigenvalue weighted by molar-refractivity contribution is -0.238. The van der Waals surface area contributed by atoms with Gasteiger partial charge in [0.25, 0.3) is 0 Å². The van der Waals surface area contributed by atoms with Gasteiger partial charge in [0.15, 0.2) is 11.6 Å². The maximum atomic E-state index is 8.59. The predicted octanol–water partition coefficient (Wildman–Crippen LogP) is -1.22. The second-order valence-electron chi connectivity index (χ2n) is 2.61. The quantitative estimate of drug-likeness (QED) is 0.359. The van der Waals surface area contributed by atoms with Crippen LogP contribution in [-0.4, -0.2) is 32.0 Å². The maximum Gasteiger partial charge on any atom is 0.164 e. The third-order valence-electron chi connectivity index (χ3n) is 0.670. The minimum absolute atomic E-state index is 0.486. The molecule has 0 unspecified atom stereocenters. The Morgan fingerprint density at radius 3 is 1.11 bits per heavy atom. The first-order valence-electron chi connectivity index (χ1n) is 2.60. The lowest BCUT2D eigenvalue weighted by Crippen LogP contribution is -2.36. The van der Waals surface area contributed by atoms with E-state index in [-0.39, 0.29) is 0 Å². The Kier molecular flexibility index (Phi) is 2.19. The van der Waals surface area contributed by atoms with Gasteiger partial charge in [0.1, 0.15) is 0 Å². The van der Waals surface area contributed by atoms with E-state index in [1.165, 1.54) is 0 Å². The maximum absolute atomic E-state index is 8.59. The minimum Gasteiger partial charge on any atom is -0.366 e. The summed E-state index contributed by atoms with van der Waals surface area (Å²) in [6.45, 7) is 2.16. The highest BCUT2D eigenvalue weighted by Gasteiger charge is 2.27. The number of hydrogen-bond acceptors (Lipinski definition) is 4. The summed E-state index contributed by atoms with van der Waals surface area (Å²) in [6, 6.07) is 0. The van der Waals surface area contributed by atoms with E-state index in [0.717, 1.165) is 13.8 Å². The van der Waals surface area contributed by atoms with Crippen LogP contribution in [0.4, 0.5) is 0 Å². The summed E-state index contributed by atoms with van der Waals surface area (Å²) in [7, 11) is 0. The Bertz CT molecular complexity index is 74.1. The van der Waals surface area contributed by atoms with Crippen LogP contribution in [0, 0.1) is 0 Å². The standard InChI is InChI=1S/C5H12O4/c1-4(6,7)3-5(2,8)9/h6-9H,3H2,1-2H3. The molecule has 0 spiro atoms. The van der Waals surface area contributed by atoms with Crippen molar-refractivity contribution in [2.45, 2.75) is 31.8 Å². The van der Waals surface area contributed by atoms with Crippen molar-refractivity contribution in [3.8, 4) is 0 Å². The molecule has 0 heterocycles. The van der Waals surface area contributed by atoms with Crippen molar-refractivity contribution in [1.29, 1.82) is 0 Å². The monoisotopic (exact) mass is 136 g/mol. The predicted molar refractivity (Wildman–Crippen MR) is 30.3 cm³/mol. The van der Waals surface area contributed by atoms with Gasteiger partial charge in [-0.3, -0.25) is 0 Å². The van der Waals surface area contributed by atoms with E-state index in [9.17, 15) is 0 Å². The van der Waals surface area contributed by atoms with Crippen LogP contribution < -0.4 is 0 Å². The zero-order chi connectivity index (χ0) is 7.71. The first-order chi connectivity index (χ1) is 3.71. The first-order valence-corrected chi connectivity index (χ1v) is 2.60. The highest BCUT2D eigenvalue weighted by atomic mass is 16.5. The van der Waals surface area contributed by atoms with Crippen molar-refractivity contribution in [2.75, 3.05) is 0 Å². The molecular weight excluding hydrogens is 124 g/mol. The number of hydrogen-bond donors (Lipinski definition) is 4. The van der Waals surface area contributed by atoms with E-state index in [2.05, 4.69) is 0 Å². The van der Waals surface area contributed by atoms with Crippen molar-refractivity contribution in [2.24, 2.45) is 0 Å². The van der Waals surface area contributed by atoms with Gasteiger partial charge in [-0.05, 0) is 13.8 Å². The summed E-state index contributed by atoms with van der Waals surface area (Å²) in [5.41, 5.74) is 0. The van der Waals surface area contributed by atoms with Gasteiger partial charge in [-0.15, -0.1) is 0 Å². The summed E-state index contributed by atoms with van der Waals surface area (Å²) < 4.78 is 0. The molecule has 0 aliphatic heterocycles. The molecule has 0 amide bonds. The van der Waals surface area contributed by atoms with Gasteiger partial charge in [-0.1, -0.05) is 0 Å². The van der Waals surface area contributed by atoms with Crippen molar-refractivity contribution < 1.29 is 20.4 Å². The molecule has 0 bridgehead atoms. The van der Waals surface area contributed by atoms with Crippen molar-refractivity contribution in [3.05, 3.63) is 0 Å². The summed E-state index contributed by atoms with van der Waals surface area (Å²) in [6.07, 6.45) is -0.486. The average molecular weight is 136 g/mol. The molecule has 0 aromatic rings. The highest BCUT2D eigenvalue weighted by Crippen LogP contribution is 2.14. The van der Waals surface area contributed by atoms with Gasteiger partial charge < -0.3 is 20.4 Å². The van der Waals surface area contributed by atoms with Crippen LogP contribution in [-0.2, 0) is 0 Å². The Labute approximate surface area is 53.4 Å². The lowest BCUT2D eigenvalue weighted by Gasteiger charge is -2.23. The molecule has 0 saturated heterocycles. The molecule has 0 atom stereocenters. The highest BCUT2D eigenvalue weighted by molar-refractivity contribution is 4.65. The fraction of sp³-hybridized carbons (Fsp3) is 1.00. The summed E-state index contributed by atoms with van der Waals surface area (Å²) in [4.78, 5) is 0. The second-order valence-corrected chi connectivity index (χ2v) is 2.61.